The van der Waals surface area contributed by atoms with Gasteiger partial charge in [0.2, 0.25) is 0 Å². The van der Waals surface area contributed by atoms with Crippen LogP contribution in [0.1, 0.15) is 19.0 Å². The Balaban J connectivity index is 2.39. The van der Waals surface area contributed by atoms with E-state index in [9.17, 15) is 4.79 Å². The van der Waals surface area contributed by atoms with Crippen LogP contribution in [0.15, 0.2) is 35.1 Å². The maximum Gasteiger partial charge on any atom is 0.251 e. The normalized spacial score (nSPS) is 10.3. The van der Waals surface area contributed by atoms with Gasteiger partial charge < -0.3 is 9.72 Å². The van der Waals surface area contributed by atoms with Gasteiger partial charge >= 0.3 is 0 Å². The molecule has 0 aliphatic rings. The highest BCUT2D eigenvalue weighted by Gasteiger charge is 2.04. The molecule has 1 heterocycles. The van der Waals surface area contributed by atoms with E-state index < -0.39 is 0 Å². The van der Waals surface area contributed by atoms with E-state index in [1.807, 2.05) is 24.3 Å². The lowest BCUT2D eigenvalue weighted by Crippen LogP contribution is -2.10. The number of hydrogen-bond donors (Lipinski definition) is 1. The van der Waals surface area contributed by atoms with Gasteiger partial charge in [-0.15, -0.1) is 0 Å². The SMILES string of the molecule is CCCc1cc(=O)[nH]c(-c2ccc(OC)cc2)n1. The number of nitrogens with zero attached hydrogens (tertiary/aromatic N) is 1. The number of ether oxygens (including phenoxy) is 1. The Morgan fingerprint density at radius 3 is 2.61 bits per heavy atom. The molecular formula is C14H16N2O2. The third-order valence-electron chi connectivity index (χ3n) is 2.66. The highest BCUT2D eigenvalue weighted by Crippen LogP contribution is 2.18. The lowest BCUT2D eigenvalue weighted by Gasteiger charge is -2.05. The van der Waals surface area contributed by atoms with Crippen LogP contribution in [0.4, 0.5) is 0 Å². The fourth-order valence-corrected chi connectivity index (χ4v) is 1.78. The molecule has 0 aliphatic carbocycles. The minimum absolute atomic E-state index is 0.112. The summed E-state index contributed by atoms with van der Waals surface area (Å²) in [5.41, 5.74) is 1.59. The Bertz CT molecular complexity index is 573. The molecular weight excluding hydrogens is 228 g/mol. The Kier molecular flexibility index (Phi) is 3.77. The number of methoxy groups -OCH3 is 1. The molecule has 94 valence electrons. The van der Waals surface area contributed by atoms with Gasteiger partial charge in [0.1, 0.15) is 11.6 Å². The van der Waals surface area contributed by atoms with Gasteiger partial charge in [-0.05, 0) is 30.7 Å². The maximum atomic E-state index is 11.6. The van der Waals surface area contributed by atoms with Crippen LogP contribution in [-0.2, 0) is 6.42 Å². The molecule has 0 saturated heterocycles. The predicted octanol–water partition coefficient (Wildman–Crippen LogP) is 2.40. The third kappa shape index (κ3) is 2.77. The van der Waals surface area contributed by atoms with Crippen LogP contribution in [0, 0.1) is 0 Å². The van der Waals surface area contributed by atoms with E-state index in [1.54, 1.807) is 13.2 Å². The standard InChI is InChI=1S/C14H16N2O2/c1-3-4-11-9-13(17)16-14(15-11)10-5-7-12(18-2)8-6-10/h5-9H,3-4H2,1-2H3,(H,15,16,17). The van der Waals surface area contributed by atoms with Gasteiger partial charge in [-0.2, -0.15) is 0 Å². The molecule has 0 atom stereocenters. The van der Waals surface area contributed by atoms with Gasteiger partial charge in [-0.1, -0.05) is 13.3 Å². The summed E-state index contributed by atoms with van der Waals surface area (Å²) in [5.74, 6) is 1.39. The van der Waals surface area contributed by atoms with Crippen molar-refractivity contribution in [3.63, 3.8) is 0 Å². The van der Waals surface area contributed by atoms with Crippen LogP contribution < -0.4 is 10.3 Å². The topological polar surface area (TPSA) is 55.0 Å². The van der Waals surface area contributed by atoms with Crippen molar-refractivity contribution in [1.82, 2.24) is 9.97 Å². The summed E-state index contributed by atoms with van der Waals surface area (Å²) in [6, 6.07) is 9.01. The number of nitrogens with one attached hydrogen (secondary N) is 1. The minimum atomic E-state index is -0.112. The first kappa shape index (κ1) is 12.4. The van der Waals surface area contributed by atoms with Crippen LogP contribution in [0.5, 0.6) is 5.75 Å². The molecule has 4 heteroatoms. The molecule has 18 heavy (non-hydrogen) atoms. The number of aromatic nitrogens is 2. The molecule has 0 fully saturated rings. The molecule has 1 aromatic carbocycles. The average Bonchev–Trinajstić information content (AvgIpc) is 2.38. The Labute approximate surface area is 106 Å². The number of rotatable bonds is 4. The first-order valence-electron chi connectivity index (χ1n) is 5.97. The second-order valence-corrected chi connectivity index (χ2v) is 4.06. The summed E-state index contributed by atoms with van der Waals surface area (Å²) in [6.45, 7) is 2.07. The molecule has 0 spiro atoms. The van der Waals surface area contributed by atoms with Crippen LogP contribution >= 0.6 is 0 Å². The average molecular weight is 244 g/mol. The quantitative estimate of drug-likeness (QED) is 0.898. The summed E-state index contributed by atoms with van der Waals surface area (Å²) in [4.78, 5) is 18.8. The van der Waals surface area contributed by atoms with Crippen molar-refractivity contribution in [2.75, 3.05) is 7.11 Å². The maximum absolute atomic E-state index is 11.6. The van der Waals surface area contributed by atoms with Gasteiger partial charge in [0.15, 0.2) is 0 Å². The molecule has 2 rings (SSSR count). The van der Waals surface area contributed by atoms with Gasteiger partial charge in [-0.25, -0.2) is 4.98 Å². The van der Waals surface area contributed by atoms with E-state index in [1.165, 1.54) is 0 Å². The highest BCUT2D eigenvalue weighted by molar-refractivity contribution is 5.56. The Morgan fingerprint density at radius 1 is 1.28 bits per heavy atom. The van der Waals surface area contributed by atoms with Crippen molar-refractivity contribution in [2.45, 2.75) is 19.8 Å². The smallest absolute Gasteiger partial charge is 0.251 e. The van der Waals surface area contributed by atoms with Gasteiger partial charge in [0.25, 0.3) is 5.56 Å². The molecule has 0 bridgehead atoms. The molecule has 0 radical (unpaired) electrons. The van der Waals surface area contributed by atoms with Crippen molar-refractivity contribution in [3.8, 4) is 17.1 Å². The zero-order valence-electron chi connectivity index (χ0n) is 10.6. The van der Waals surface area contributed by atoms with E-state index in [0.29, 0.717) is 5.82 Å². The second kappa shape index (κ2) is 5.49. The molecule has 0 saturated carbocycles. The second-order valence-electron chi connectivity index (χ2n) is 4.06. The number of benzene rings is 1. The summed E-state index contributed by atoms with van der Waals surface area (Å²) in [7, 11) is 1.62. The Hall–Kier alpha value is -2.10. The van der Waals surface area contributed by atoms with Crippen molar-refractivity contribution in [2.24, 2.45) is 0 Å². The van der Waals surface area contributed by atoms with Crippen LogP contribution in [0.3, 0.4) is 0 Å². The van der Waals surface area contributed by atoms with Gasteiger partial charge in [0.05, 0.1) is 7.11 Å². The van der Waals surface area contributed by atoms with E-state index >= 15 is 0 Å². The molecule has 1 aromatic heterocycles. The molecule has 0 aliphatic heterocycles. The van der Waals surface area contributed by atoms with Crippen LogP contribution in [0.2, 0.25) is 0 Å². The van der Waals surface area contributed by atoms with Crippen molar-refractivity contribution in [1.29, 1.82) is 0 Å². The fraction of sp³-hybridized carbons (Fsp3) is 0.286. The molecule has 0 amide bonds. The molecule has 2 aromatic rings. The molecule has 1 N–H and O–H groups in total. The number of aromatic amines is 1. The highest BCUT2D eigenvalue weighted by atomic mass is 16.5. The van der Waals surface area contributed by atoms with Crippen molar-refractivity contribution < 1.29 is 4.74 Å². The zero-order valence-corrected chi connectivity index (χ0v) is 10.6. The van der Waals surface area contributed by atoms with E-state index in [-0.39, 0.29) is 5.56 Å². The number of H-pyrrole nitrogens is 1. The largest absolute Gasteiger partial charge is 0.497 e. The Morgan fingerprint density at radius 2 is 2.00 bits per heavy atom. The lowest BCUT2D eigenvalue weighted by molar-refractivity contribution is 0.415. The fourth-order valence-electron chi connectivity index (χ4n) is 1.78. The van der Waals surface area contributed by atoms with Crippen molar-refractivity contribution in [3.05, 3.63) is 46.4 Å². The number of aryl methyl sites for hydroxylation is 1. The van der Waals surface area contributed by atoms with Crippen LogP contribution in [0.25, 0.3) is 11.4 Å². The van der Waals surface area contributed by atoms with E-state index in [2.05, 4.69) is 16.9 Å². The summed E-state index contributed by atoms with van der Waals surface area (Å²) in [6.07, 6.45) is 1.78. The first-order chi connectivity index (χ1) is 8.72. The van der Waals surface area contributed by atoms with E-state index in [0.717, 1.165) is 29.8 Å². The zero-order chi connectivity index (χ0) is 13.0. The minimum Gasteiger partial charge on any atom is -0.497 e. The molecule has 0 unspecified atom stereocenters. The molecule has 4 nitrogen and oxygen atoms in total. The van der Waals surface area contributed by atoms with Gasteiger partial charge in [-0.3, -0.25) is 4.79 Å². The third-order valence-corrected chi connectivity index (χ3v) is 2.66. The monoisotopic (exact) mass is 244 g/mol. The van der Waals surface area contributed by atoms with Gasteiger partial charge in [0, 0.05) is 17.3 Å². The summed E-state index contributed by atoms with van der Waals surface area (Å²) >= 11 is 0. The predicted molar refractivity (Wildman–Crippen MR) is 70.8 cm³/mol. The van der Waals surface area contributed by atoms with Crippen LogP contribution in [-0.4, -0.2) is 17.1 Å². The summed E-state index contributed by atoms with van der Waals surface area (Å²) in [5, 5.41) is 0. The first-order valence-corrected chi connectivity index (χ1v) is 5.97. The summed E-state index contributed by atoms with van der Waals surface area (Å²) < 4.78 is 5.10. The number of hydrogen-bond acceptors (Lipinski definition) is 3. The van der Waals surface area contributed by atoms with Crippen molar-refractivity contribution >= 4 is 0 Å². The van der Waals surface area contributed by atoms with E-state index in [4.69, 9.17) is 4.74 Å². The lowest BCUT2D eigenvalue weighted by atomic mass is 10.2.